The van der Waals surface area contributed by atoms with Crippen LogP contribution in [0.1, 0.15) is 44.5 Å². The number of piperidine rings is 1. The van der Waals surface area contributed by atoms with Gasteiger partial charge in [-0.15, -0.1) is 0 Å². The molecule has 4 heterocycles. The molecule has 5 rings (SSSR count). The van der Waals surface area contributed by atoms with Crippen molar-refractivity contribution in [2.24, 2.45) is 13.0 Å². The Hall–Kier alpha value is -2.82. The normalized spacial score (nSPS) is 26.2. The molecule has 2 fully saturated rings. The molecule has 1 aromatic heterocycles. The van der Waals surface area contributed by atoms with Crippen molar-refractivity contribution in [2.75, 3.05) is 45.7 Å². The van der Waals surface area contributed by atoms with Crippen molar-refractivity contribution in [2.45, 2.75) is 65.0 Å². The number of allylic oxidation sites excluding steroid dienone is 1. The van der Waals surface area contributed by atoms with Gasteiger partial charge in [0.2, 0.25) is 0 Å². The van der Waals surface area contributed by atoms with Gasteiger partial charge in [-0.1, -0.05) is 13.0 Å². The van der Waals surface area contributed by atoms with Crippen LogP contribution in [0.2, 0.25) is 0 Å². The van der Waals surface area contributed by atoms with E-state index in [0.29, 0.717) is 32.6 Å². The van der Waals surface area contributed by atoms with Crippen LogP contribution in [0, 0.1) is 19.8 Å². The number of hydrogen-bond acceptors (Lipinski definition) is 7. The number of ether oxygens (including phenoxy) is 2. The quantitative estimate of drug-likeness (QED) is 0.550. The largest absolute Gasteiger partial charge is 0.501 e. The number of aliphatic hydroxyl groups excluding tert-OH is 1. The first-order chi connectivity index (χ1) is 18.1. The number of carbonyl (C=O) groups excluding carboxylic acids is 1. The highest BCUT2D eigenvalue weighted by molar-refractivity contribution is 5.83. The Morgan fingerprint density at radius 3 is 2.55 bits per heavy atom. The zero-order valence-corrected chi connectivity index (χ0v) is 23.7. The molecule has 0 radical (unpaired) electrons. The van der Waals surface area contributed by atoms with Gasteiger partial charge in [0.05, 0.1) is 48.1 Å². The average Bonchev–Trinajstić information content (AvgIpc) is 3.18. The van der Waals surface area contributed by atoms with Crippen molar-refractivity contribution in [3.05, 3.63) is 46.1 Å². The number of aryl methyl sites for hydroxylation is 2. The third-order valence-corrected chi connectivity index (χ3v) is 9.03. The number of likely N-dealkylation sites (tertiary alicyclic amines) is 1. The number of nitrogens with zero attached hydrogens (tertiary/aromatic N) is 5. The van der Waals surface area contributed by atoms with E-state index in [-0.39, 0.29) is 23.6 Å². The molecule has 0 aromatic carbocycles. The number of carbonyl (C=O) groups is 1. The summed E-state index contributed by atoms with van der Waals surface area (Å²) in [5.41, 5.74) is 5.76. The monoisotopic (exact) mass is 526 g/mol. The van der Waals surface area contributed by atoms with Crippen LogP contribution in [0.15, 0.2) is 34.8 Å². The standard InChI is InChI=1S/C28H42N6O4/c1-8-34-27(36)33-16-20-14-21(37-6)15-22(38-7)24(20)17(2)13-23(33)28(34)9-11-32(12-10-28)26(35)29-25-18(3)30-31(5)19(25)4/h13-14,17,22,26,29,35H,8-12,15-16H2,1-7H3. The van der Waals surface area contributed by atoms with Crippen molar-refractivity contribution in [3.63, 3.8) is 0 Å². The lowest BCUT2D eigenvalue weighted by molar-refractivity contribution is -0.0139. The summed E-state index contributed by atoms with van der Waals surface area (Å²) in [6.07, 6.45) is 5.71. The maximum atomic E-state index is 13.8. The number of nitrogens with one attached hydrogen (secondary N) is 1. The molecule has 0 saturated carbocycles. The van der Waals surface area contributed by atoms with Gasteiger partial charge >= 0.3 is 6.03 Å². The molecule has 1 spiro atoms. The Balaban J connectivity index is 1.40. The number of amides is 2. The number of methoxy groups -OCH3 is 2. The van der Waals surface area contributed by atoms with Gasteiger partial charge in [-0.3, -0.25) is 14.5 Å². The molecule has 1 aliphatic carbocycles. The lowest BCUT2D eigenvalue weighted by atomic mass is 9.81. The van der Waals surface area contributed by atoms with E-state index in [0.717, 1.165) is 46.9 Å². The van der Waals surface area contributed by atoms with E-state index in [2.05, 4.69) is 41.3 Å². The van der Waals surface area contributed by atoms with Crippen LogP contribution in [0.3, 0.4) is 0 Å². The van der Waals surface area contributed by atoms with Gasteiger partial charge in [-0.25, -0.2) is 4.79 Å². The molecule has 208 valence electrons. The lowest BCUT2D eigenvalue weighted by Gasteiger charge is -2.45. The van der Waals surface area contributed by atoms with E-state index in [9.17, 15) is 9.90 Å². The van der Waals surface area contributed by atoms with E-state index in [1.54, 1.807) is 14.2 Å². The number of urea groups is 1. The van der Waals surface area contributed by atoms with Crippen molar-refractivity contribution in [1.29, 1.82) is 0 Å². The van der Waals surface area contributed by atoms with Gasteiger partial charge in [-0.2, -0.15) is 5.10 Å². The number of aliphatic hydroxyl groups is 1. The van der Waals surface area contributed by atoms with E-state index in [1.807, 2.05) is 35.4 Å². The van der Waals surface area contributed by atoms with Gasteiger partial charge in [-0.05, 0) is 50.8 Å². The lowest BCUT2D eigenvalue weighted by Crippen LogP contribution is -2.56. The molecule has 4 aliphatic rings. The van der Waals surface area contributed by atoms with E-state index in [4.69, 9.17) is 9.47 Å². The summed E-state index contributed by atoms with van der Waals surface area (Å²) in [5, 5.41) is 18.8. The highest BCUT2D eigenvalue weighted by atomic mass is 16.5. The van der Waals surface area contributed by atoms with Crippen LogP contribution in [0.4, 0.5) is 10.5 Å². The first kappa shape index (κ1) is 26.8. The molecule has 10 heteroatoms. The molecule has 2 amide bonds. The van der Waals surface area contributed by atoms with Crippen LogP contribution in [0.25, 0.3) is 0 Å². The van der Waals surface area contributed by atoms with Crippen molar-refractivity contribution < 1.29 is 19.4 Å². The van der Waals surface area contributed by atoms with Gasteiger partial charge in [0.1, 0.15) is 0 Å². The van der Waals surface area contributed by atoms with Crippen LogP contribution in [-0.2, 0) is 16.5 Å². The zero-order valence-electron chi connectivity index (χ0n) is 23.7. The average molecular weight is 527 g/mol. The number of likely N-dealkylation sites (N-methyl/N-ethyl adjacent to an activating group) is 1. The van der Waals surface area contributed by atoms with Crippen molar-refractivity contribution in [1.82, 2.24) is 24.5 Å². The second-order valence-corrected chi connectivity index (χ2v) is 10.9. The number of anilines is 1. The second-order valence-electron chi connectivity index (χ2n) is 10.9. The summed E-state index contributed by atoms with van der Waals surface area (Å²) in [5.74, 6) is 1.02. The Morgan fingerprint density at radius 1 is 1.26 bits per heavy atom. The van der Waals surface area contributed by atoms with Gasteiger partial charge in [0.15, 0.2) is 6.35 Å². The van der Waals surface area contributed by atoms with E-state index < -0.39 is 6.35 Å². The molecule has 2 N–H and O–H groups in total. The first-order valence-electron chi connectivity index (χ1n) is 13.7. The van der Waals surface area contributed by atoms with E-state index >= 15 is 0 Å². The molecule has 10 nitrogen and oxygen atoms in total. The Labute approximate surface area is 225 Å². The minimum atomic E-state index is -0.826. The maximum absolute atomic E-state index is 13.8. The number of fused-ring (bicyclic) bond motifs is 2. The number of hydrogen-bond donors (Lipinski definition) is 2. The number of rotatable bonds is 6. The summed E-state index contributed by atoms with van der Waals surface area (Å²) in [7, 11) is 5.34. The summed E-state index contributed by atoms with van der Waals surface area (Å²) in [4.78, 5) is 19.9. The van der Waals surface area contributed by atoms with Crippen LogP contribution in [-0.4, -0.2) is 94.0 Å². The van der Waals surface area contributed by atoms with Crippen LogP contribution < -0.4 is 5.32 Å². The SMILES string of the molecule is CCN1C(=O)N2CC3=C(C(C)C=C2C12CCN(C(O)Nc1c(C)nn(C)c1C)CC2)C(OC)CC(OC)=C3. The third kappa shape index (κ3) is 4.13. The second kappa shape index (κ2) is 10.1. The highest BCUT2D eigenvalue weighted by Gasteiger charge is 2.55. The summed E-state index contributed by atoms with van der Waals surface area (Å²) in [6, 6.07) is 0.0559. The van der Waals surface area contributed by atoms with Crippen molar-refractivity contribution >= 4 is 11.7 Å². The molecular formula is C28H42N6O4. The molecule has 3 unspecified atom stereocenters. The summed E-state index contributed by atoms with van der Waals surface area (Å²) >= 11 is 0. The minimum absolute atomic E-state index is 0.0559. The smallest absolute Gasteiger partial charge is 0.325 e. The maximum Gasteiger partial charge on any atom is 0.325 e. The van der Waals surface area contributed by atoms with Gasteiger partial charge in [0, 0.05) is 51.8 Å². The molecule has 1 aromatic rings. The first-order valence-corrected chi connectivity index (χ1v) is 13.7. The zero-order chi connectivity index (χ0) is 27.4. The summed E-state index contributed by atoms with van der Waals surface area (Å²) in [6.45, 7) is 10.7. The third-order valence-electron chi connectivity index (χ3n) is 9.03. The fourth-order valence-electron chi connectivity index (χ4n) is 6.93. The molecular weight excluding hydrogens is 484 g/mol. The van der Waals surface area contributed by atoms with Crippen molar-refractivity contribution in [3.8, 4) is 0 Å². The summed E-state index contributed by atoms with van der Waals surface area (Å²) < 4.78 is 13.3. The van der Waals surface area contributed by atoms with Crippen LogP contribution in [0.5, 0.6) is 0 Å². The molecule has 3 aliphatic heterocycles. The highest BCUT2D eigenvalue weighted by Crippen LogP contribution is 2.48. The van der Waals surface area contributed by atoms with Gasteiger partial charge in [0.25, 0.3) is 0 Å². The Morgan fingerprint density at radius 2 is 1.97 bits per heavy atom. The topological polar surface area (TPSA) is 95.3 Å². The molecule has 38 heavy (non-hydrogen) atoms. The fourth-order valence-corrected chi connectivity index (χ4v) is 6.93. The molecule has 3 atom stereocenters. The van der Waals surface area contributed by atoms with Gasteiger partial charge < -0.3 is 24.8 Å². The van der Waals surface area contributed by atoms with E-state index in [1.165, 1.54) is 5.57 Å². The Kier molecular flexibility index (Phi) is 7.08. The molecule has 0 bridgehead atoms. The fraction of sp³-hybridized carbons (Fsp3) is 0.643. The molecule has 2 saturated heterocycles. The Bertz CT molecular complexity index is 1190. The minimum Gasteiger partial charge on any atom is -0.501 e. The number of aromatic nitrogens is 2. The van der Waals surface area contributed by atoms with Crippen LogP contribution >= 0.6 is 0 Å². The predicted octanol–water partition coefficient (Wildman–Crippen LogP) is 3.10. The predicted molar refractivity (Wildman–Crippen MR) is 145 cm³/mol.